The van der Waals surface area contributed by atoms with Crippen LogP contribution in [0.15, 0.2) is 47.4 Å². The van der Waals surface area contributed by atoms with E-state index in [1.165, 1.54) is 5.56 Å². The standard InChI is InChI=1S/C22H25NO4S/c1-3-27-22(25)18-7-4-5-8-20(18)28-14-6-9-21(24)23-13-12-16-10-11-17(26-2)15-19(16)23/h4-5,7-8,10-11,15H,3,6,9,12-14H2,1-2H3. The molecule has 1 aliphatic rings. The van der Waals surface area contributed by atoms with E-state index < -0.39 is 0 Å². The van der Waals surface area contributed by atoms with Gasteiger partial charge in [0, 0.05) is 23.9 Å². The van der Waals surface area contributed by atoms with E-state index in [0.717, 1.165) is 41.5 Å². The van der Waals surface area contributed by atoms with E-state index in [2.05, 4.69) is 0 Å². The first-order valence-corrected chi connectivity index (χ1v) is 10.5. The molecular formula is C22H25NO4S. The molecule has 0 saturated heterocycles. The van der Waals surface area contributed by atoms with Gasteiger partial charge in [-0.2, -0.15) is 0 Å². The van der Waals surface area contributed by atoms with Gasteiger partial charge < -0.3 is 14.4 Å². The number of carbonyl (C=O) groups is 2. The molecule has 28 heavy (non-hydrogen) atoms. The van der Waals surface area contributed by atoms with Crippen LogP contribution in [0.2, 0.25) is 0 Å². The minimum absolute atomic E-state index is 0.131. The minimum atomic E-state index is -0.302. The number of nitrogens with zero attached hydrogens (tertiary/aromatic N) is 1. The summed E-state index contributed by atoms with van der Waals surface area (Å²) in [4.78, 5) is 27.5. The second kappa shape index (κ2) is 9.64. The maximum absolute atomic E-state index is 12.7. The molecule has 6 heteroatoms. The van der Waals surface area contributed by atoms with Crippen LogP contribution in [-0.2, 0) is 16.0 Å². The van der Waals surface area contributed by atoms with Crippen molar-refractivity contribution in [2.24, 2.45) is 0 Å². The first kappa shape index (κ1) is 20.3. The van der Waals surface area contributed by atoms with Gasteiger partial charge in [0.15, 0.2) is 0 Å². The number of benzene rings is 2. The van der Waals surface area contributed by atoms with Crippen LogP contribution in [0.5, 0.6) is 5.75 Å². The number of methoxy groups -OCH3 is 1. The van der Waals surface area contributed by atoms with Crippen LogP contribution in [-0.4, -0.2) is 37.9 Å². The molecule has 0 spiro atoms. The number of thioether (sulfide) groups is 1. The van der Waals surface area contributed by atoms with Crippen LogP contribution in [0.4, 0.5) is 5.69 Å². The summed E-state index contributed by atoms with van der Waals surface area (Å²) in [5.74, 6) is 1.36. The van der Waals surface area contributed by atoms with Crippen molar-refractivity contribution in [3.8, 4) is 5.75 Å². The molecule has 0 aromatic heterocycles. The average molecular weight is 400 g/mol. The van der Waals surface area contributed by atoms with Crippen molar-refractivity contribution >= 4 is 29.3 Å². The number of fused-ring (bicyclic) bond motifs is 1. The Morgan fingerprint density at radius 3 is 2.79 bits per heavy atom. The molecule has 0 aliphatic carbocycles. The van der Waals surface area contributed by atoms with Gasteiger partial charge in [-0.15, -0.1) is 11.8 Å². The van der Waals surface area contributed by atoms with Crippen LogP contribution in [0.1, 0.15) is 35.7 Å². The van der Waals surface area contributed by atoms with E-state index >= 15 is 0 Å². The molecule has 1 aliphatic heterocycles. The fraction of sp³-hybridized carbons (Fsp3) is 0.364. The Kier molecular flexibility index (Phi) is 6.98. The number of hydrogen-bond acceptors (Lipinski definition) is 5. The lowest BCUT2D eigenvalue weighted by molar-refractivity contribution is -0.118. The van der Waals surface area contributed by atoms with Crippen LogP contribution in [0, 0.1) is 0 Å². The van der Waals surface area contributed by atoms with E-state index in [4.69, 9.17) is 9.47 Å². The SMILES string of the molecule is CCOC(=O)c1ccccc1SCCCC(=O)N1CCc2ccc(OC)cc21. The third-order valence-electron chi connectivity index (χ3n) is 4.66. The van der Waals surface area contributed by atoms with Gasteiger partial charge in [-0.05, 0) is 49.3 Å². The Bertz CT molecular complexity index is 852. The molecule has 0 radical (unpaired) electrons. The van der Waals surface area contributed by atoms with Gasteiger partial charge in [0.25, 0.3) is 0 Å². The number of amides is 1. The van der Waals surface area contributed by atoms with E-state index in [0.29, 0.717) is 18.6 Å². The fourth-order valence-electron chi connectivity index (χ4n) is 3.26. The lowest BCUT2D eigenvalue weighted by Gasteiger charge is -2.18. The predicted molar refractivity (Wildman–Crippen MR) is 111 cm³/mol. The normalized spacial score (nSPS) is 12.6. The van der Waals surface area contributed by atoms with Gasteiger partial charge >= 0.3 is 5.97 Å². The van der Waals surface area contributed by atoms with Crippen LogP contribution >= 0.6 is 11.8 Å². The number of hydrogen-bond donors (Lipinski definition) is 0. The van der Waals surface area contributed by atoms with Crippen LogP contribution in [0.3, 0.4) is 0 Å². The second-order valence-electron chi connectivity index (χ2n) is 6.46. The molecule has 5 nitrogen and oxygen atoms in total. The topological polar surface area (TPSA) is 55.8 Å². The van der Waals surface area contributed by atoms with Gasteiger partial charge in [0.1, 0.15) is 5.75 Å². The zero-order valence-corrected chi connectivity index (χ0v) is 17.1. The summed E-state index contributed by atoms with van der Waals surface area (Å²) in [6, 6.07) is 13.3. The monoisotopic (exact) mass is 399 g/mol. The zero-order chi connectivity index (χ0) is 19.9. The first-order valence-electron chi connectivity index (χ1n) is 9.50. The Morgan fingerprint density at radius 2 is 2.00 bits per heavy atom. The highest BCUT2D eigenvalue weighted by Gasteiger charge is 2.24. The third-order valence-corrected chi connectivity index (χ3v) is 5.82. The molecule has 1 amide bonds. The summed E-state index contributed by atoms with van der Waals surface area (Å²) in [5.41, 5.74) is 2.73. The van der Waals surface area contributed by atoms with Crippen molar-refractivity contribution in [2.45, 2.75) is 31.1 Å². The average Bonchev–Trinajstić information content (AvgIpc) is 3.14. The minimum Gasteiger partial charge on any atom is -0.497 e. The molecule has 1 heterocycles. The summed E-state index contributed by atoms with van der Waals surface area (Å²) in [5, 5.41) is 0. The number of carbonyl (C=O) groups excluding carboxylic acids is 2. The van der Waals surface area contributed by atoms with E-state index in [1.807, 2.05) is 41.3 Å². The molecule has 0 saturated carbocycles. The van der Waals surface area contributed by atoms with Gasteiger partial charge in [-0.3, -0.25) is 4.79 Å². The highest BCUT2D eigenvalue weighted by molar-refractivity contribution is 7.99. The van der Waals surface area contributed by atoms with Crippen molar-refractivity contribution in [3.05, 3.63) is 53.6 Å². The molecular weight excluding hydrogens is 374 g/mol. The highest BCUT2D eigenvalue weighted by atomic mass is 32.2. The van der Waals surface area contributed by atoms with E-state index in [9.17, 15) is 9.59 Å². The summed E-state index contributed by atoms with van der Waals surface area (Å²) in [6.45, 7) is 2.87. The molecule has 148 valence electrons. The Labute approximate surface area is 170 Å². The van der Waals surface area contributed by atoms with Gasteiger partial charge in [0.05, 0.1) is 25.0 Å². The quantitative estimate of drug-likeness (QED) is 0.376. The summed E-state index contributed by atoms with van der Waals surface area (Å²) >= 11 is 1.59. The maximum atomic E-state index is 12.7. The number of ether oxygens (including phenoxy) is 2. The van der Waals surface area contributed by atoms with Crippen molar-refractivity contribution in [3.63, 3.8) is 0 Å². The Morgan fingerprint density at radius 1 is 1.18 bits per heavy atom. The number of anilines is 1. The fourth-order valence-corrected chi connectivity index (χ4v) is 4.25. The highest BCUT2D eigenvalue weighted by Crippen LogP contribution is 2.32. The zero-order valence-electron chi connectivity index (χ0n) is 16.3. The summed E-state index contributed by atoms with van der Waals surface area (Å²) in [7, 11) is 1.63. The molecule has 0 N–H and O–H groups in total. The molecule has 0 bridgehead atoms. The van der Waals surface area contributed by atoms with E-state index in [1.54, 1.807) is 31.9 Å². The first-order chi connectivity index (χ1) is 13.6. The van der Waals surface area contributed by atoms with Crippen LogP contribution < -0.4 is 9.64 Å². The molecule has 0 unspecified atom stereocenters. The molecule has 2 aromatic rings. The van der Waals surface area contributed by atoms with Crippen LogP contribution in [0.25, 0.3) is 0 Å². The van der Waals surface area contributed by atoms with Crippen molar-refractivity contribution in [1.82, 2.24) is 0 Å². The maximum Gasteiger partial charge on any atom is 0.339 e. The lowest BCUT2D eigenvalue weighted by Crippen LogP contribution is -2.28. The second-order valence-corrected chi connectivity index (χ2v) is 7.60. The van der Waals surface area contributed by atoms with Gasteiger partial charge in [0.2, 0.25) is 5.91 Å². The smallest absolute Gasteiger partial charge is 0.339 e. The van der Waals surface area contributed by atoms with Crippen molar-refractivity contribution in [1.29, 1.82) is 0 Å². The van der Waals surface area contributed by atoms with Crippen molar-refractivity contribution < 1.29 is 19.1 Å². The third kappa shape index (κ3) is 4.68. The molecule has 0 atom stereocenters. The molecule has 3 rings (SSSR count). The number of esters is 1. The molecule has 2 aromatic carbocycles. The molecule has 0 fully saturated rings. The summed E-state index contributed by atoms with van der Waals surface area (Å²) < 4.78 is 10.4. The Balaban J connectivity index is 1.53. The van der Waals surface area contributed by atoms with Gasteiger partial charge in [-0.25, -0.2) is 4.79 Å². The largest absolute Gasteiger partial charge is 0.497 e. The summed E-state index contributed by atoms with van der Waals surface area (Å²) in [6.07, 6.45) is 2.11. The van der Waals surface area contributed by atoms with E-state index in [-0.39, 0.29) is 11.9 Å². The van der Waals surface area contributed by atoms with Crippen molar-refractivity contribution in [2.75, 3.05) is 30.9 Å². The predicted octanol–water partition coefficient (Wildman–Crippen LogP) is 4.33. The number of rotatable bonds is 8. The van der Waals surface area contributed by atoms with Gasteiger partial charge in [-0.1, -0.05) is 18.2 Å². The lowest BCUT2D eigenvalue weighted by atomic mass is 10.1. The Hall–Kier alpha value is -2.47.